The van der Waals surface area contributed by atoms with Gasteiger partial charge in [-0.2, -0.15) is 0 Å². The standard InChI is InChI=1S/C13H20N2O4/c1-2-3-10-11(16)14-13(18)15(12(10)17)8-9-4-6-19-7-5-9/h9-10H,2-8H2,1H3,(H,14,16,18). The molecular weight excluding hydrogens is 248 g/mol. The van der Waals surface area contributed by atoms with E-state index in [1.165, 1.54) is 4.90 Å². The fraction of sp³-hybridized carbons (Fsp3) is 0.769. The predicted octanol–water partition coefficient (Wildman–Crippen LogP) is 0.908. The Morgan fingerprint density at radius 2 is 1.95 bits per heavy atom. The lowest BCUT2D eigenvalue weighted by Crippen LogP contribution is -2.59. The summed E-state index contributed by atoms with van der Waals surface area (Å²) in [6.45, 7) is 3.65. The van der Waals surface area contributed by atoms with Crippen molar-refractivity contribution < 1.29 is 19.1 Å². The van der Waals surface area contributed by atoms with Crippen molar-refractivity contribution in [2.45, 2.75) is 32.6 Å². The van der Waals surface area contributed by atoms with Crippen LogP contribution in [0.1, 0.15) is 32.6 Å². The molecule has 1 atom stereocenters. The molecule has 0 spiro atoms. The minimum absolute atomic E-state index is 0.277. The molecular formula is C13H20N2O4. The largest absolute Gasteiger partial charge is 0.381 e. The Hall–Kier alpha value is -1.43. The van der Waals surface area contributed by atoms with Crippen LogP contribution in [0.4, 0.5) is 4.79 Å². The summed E-state index contributed by atoms with van der Waals surface area (Å²) in [6.07, 6.45) is 2.93. The maximum atomic E-state index is 12.2. The van der Waals surface area contributed by atoms with E-state index in [9.17, 15) is 14.4 Å². The molecule has 1 unspecified atom stereocenters. The van der Waals surface area contributed by atoms with E-state index in [0.717, 1.165) is 19.3 Å². The van der Waals surface area contributed by atoms with E-state index < -0.39 is 17.9 Å². The zero-order valence-corrected chi connectivity index (χ0v) is 11.2. The van der Waals surface area contributed by atoms with Gasteiger partial charge in [-0.3, -0.25) is 19.8 Å². The molecule has 6 nitrogen and oxygen atoms in total. The van der Waals surface area contributed by atoms with Crippen molar-refractivity contribution in [2.75, 3.05) is 19.8 Å². The molecule has 0 saturated carbocycles. The maximum Gasteiger partial charge on any atom is 0.330 e. The van der Waals surface area contributed by atoms with Gasteiger partial charge in [0.05, 0.1) is 0 Å². The second-order valence-corrected chi connectivity index (χ2v) is 5.14. The molecule has 1 N–H and O–H groups in total. The molecule has 2 aliphatic heterocycles. The third-order valence-corrected chi connectivity index (χ3v) is 3.71. The van der Waals surface area contributed by atoms with Gasteiger partial charge in [-0.05, 0) is 25.2 Å². The van der Waals surface area contributed by atoms with Gasteiger partial charge in [-0.1, -0.05) is 13.3 Å². The van der Waals surface area contributed by atoms with Crippen molar-refractivity contribution >= 4 is 17.8 Å². The third kappa shape index (κ3) is 3.12. The molecule has 0 aliphatic carbocycles. The van der Waals surface area contributed by atoms with Gasteiger partial charge in [0.1, 0.15) is 5.92 Å². The van der Waals surface area contributed by atoms with Crippen molar-refractivity contribution in [3.63, 3.8) is 0 Å². The van der Waals surface area contributed by atoms with E-state index >= 15 is 0 Å². The number of imide groups is 2. The summed E-state index contributed by atoms with van der Waals surface area (Å²) in [6, 6.07) is -0.575. The molecule has 2 aliphatic rings. The van der Waals surface area contributed by atoms with Crippen LogP contribution >= 0.6 is 0 Å². The van der Waals surface area contributed by atoms with E-state index in [0.29, 0.717) is 26.2 Å². The number of rotatable bonds is 4. The first-order valence-corrected chi connectivity index (χ1v) is 6.87. The van der Waals surface area contributed by atoms with Gasteiger partial charge in [0.2, 0.25) is 11.8 Å². The highest BCUT2D eigenvalue weighted by molar-refractivity contribution is 6.16. The molecule has 4 amide bonds. The molecule has 0 aromatic carbocycles. The van der Waals surface area contributed by atoms with Crippen molar-refractivity contribution in [3.05, 3.63) is 0 Å². The third-order valence-electron chi connectivity index (χ3n) is 3.71. The highest BCUT2D eigenvalue weighted by Gasteiger charge is 2.40. The lowest BCUT2D eigenvalue weighted by atomic mass is 9.96. The zero-order chi connectivity index (χ0) is 13.8. The molecule has 2 saturated heterocycles. The number of urea groups is 1. The Morgan fingerprint density at radius 1 is 1.26 bits per heavy atom. The quantitative estimate of drug-likeness (QED) is 0.769. The molecule has 106 valence electrons. The first-order chi connectivity index (χ1) is 9.13. The Morgan fingerprint density at radius 3 is 2.58 bits per heavy atom. The van der Waals surface area contributed by atoms with Crippen LogP contribution in [0, 0.1) is 11.8 Å². The van der Waals surface area contributed by atoms with Gasteiger partial charge in [-0.15, -0.1) is 0 Å². The van der Waals surface area contributed by atoms with Gasteiger partial charge in [0, 0.05) is 19.8 Å². The number of carbonyl (C=O) groups is 3. The SMILES string of the molecule is CCCC1C(=O)NC(=O)N(CC2CCOCC2)C1=O. The van der Waals surface area contributed by atoms with Crippen LogP contribution in [-0.4, -0.2) is 42.5 Å². The van der Waals surface area contributed by atoms with Gasteiger partial charge in [0.15, 0.2) is 0 Å². The van der Waals surface area contributed by atoms with E-state index in [1.54, 1.807) is 0 Å². The van der Waals surface area contributed by atoms with Crippen LogP contribution in [0.2, 0.25) is 0 Å². The fourth-order valence-electron chi connectivity index (χ4n) is 2.56. The summed E-state index contributed by atoms with van der Waals surface area (Å²) < 4.78 is 5.26. The lowest BCUT2D eigenvalue weighted by molar-refractivity contribution is -0.143. The smallest absolute Gasteiger partial charge is 0.330 e. The predicted molar refractivity (Wildman–Crippen MR) is 67.2 cm³/mol. The van der Waals surface area contributed by atoms with Gasteiger partial charge >= 0.3 is 6.03 Å². The van der Waals surface area contributed by atoms with Crippen LogP contribution in [0.3, 0.4) is 0 Å². The lowest BCUT2D eigenvalue weighted by Gasteiger charge is -2.33. The summed E-state index contributed by atoms with van der Waals surface area (Å²) >= 11 is 0. The molecule has 0 aromatic heterocycles. The van der Waals surface area contributed by atoms with Crippen LogP contribution in [0.5, 0.6) is 0 Å². The van der Waals surface area contributed by atoms with E-state index in [2.05, 4.69) is 5.32 Å². The molecule has 2 fully saturated rings. The van der Waals surface area contributed by atoms with E-state index in [-0.39, 0.29) is 11.8 Å². The van der Waals surface area contributed by atoms with Crippen molar-refractivity contribution in [1.29, 1.82) is 0 Å². The summed E-state index contributed by atoms with van der Waals surface area (Å²) in [7, 11) is 0. The fourth-order valence-corrected chi connectivity index (χ4v) is 2.56. The highest BCUT2D eigenvalue weighted by Crippen LogP contribution is 2.21. The Balaban J connectivity index is 2.02. The Labute approximate surface area is 112 Å². The molecule has 0 aromatic rings. The highest BCUT2D eigenvalue weighted by atomic mass is 16.5. The van der Waals surface area contributed by atoms with Crippen LogP contribution < -0.4 is 5.32 Å². The van der Waals surface area contributed by atoms with Crippen LogP contribution in [0.15, 0.2) is 0 Å². The molecule has 0 radical (unpaired) electrons. The van der Waals surface area contributed by atoms with Crippen molar-refractivity contribution in [2.24, 2.45) is 11.8 Å². The summed E-state index contributed by atoms with van der Waals surface area (Å²) in [5.74, 6) is -1.23. The van der Waals surface area contributed by atoms with Crippen molar-refractivity contribution in [3.8, 4) is 0 Å². The maximum absolute atomic E-state index is 12.2. The number of hydrogen-bond acceptors (Lipinski definition) is 4. The van der Waals surface area contributed by atoms with Gasteiger partial charge in [0.25, 0.3) is 0 Å². The number of nitrogens with one attached hydrogen (secondary N) is 1. The molecule has 19 heavy (non-hydrogen) atoms. The van der Waals surface area contributed by atoms with Crippen molar-refractivity contribution in [1.82, 2.24) is 10.2 Å². The number of barbiturate groups is 1. The zero-order valence-electron chi connectivity index (χ0n) is 11.2. The van der Waals surface area contributed by atoms with E-state index in [1.807, 2.05) is 6.92 Å². The van der Waals surface area contributed by atoms with Gasteiger partial charge < -0.3 is 4.74 Å². The minimum Gasteiger partial charge on any atom is -0.381 e. The second-order valence-electron chi connectivity index (χ2n) is 5.14. The van der Waals surface area contributed by atoms with Crippen LogP contribution in [0.25, 0.3) is 0 Å². The summed E-state index contributed by atoms with van der Waals surface area (Å²) in [4.78, 5) is 36.9. The first-order valence-electron chi connectivity index (χ1n) is 6.87. The summed E-state index contributed by atoms with van der Waals surface area (Å²) in [5.41, 5.74) is 0. The Bertz CT molecular complexity index is 377. The van der Waals surface area contributed by atoms with E-state index in [4.69, 9.17) is 4.74 Å². The van der Waals surface area contributed by atoms with Crippen LogP contribution in [-0.2, 0) is 14.3 Å². The second kappa shape index (κ2) is 6.14. The minimum atomic E-state index is -0.706. The topological polar surface area (TPSA) is 75.7 Å². The monoisotopic (exact) mass is 268 g/mol. The average Bonchev–Trinajstić information content (AvgIpc) is 2.41. The molecule has 2 heterocycles. The number of hydrogen-bond donors (Lipinski definition) is 1. The van der Waals surface area contributed by atoms with Gasteiger partial charge in [-0.25, -0.2) is 4.79 Å². The molecule has 2 rings (SSSR count). The molecule has 6 heteroatoms. The first kappa shape index (κ1) is 14.0. The number of nitrogens with zero attached hydrogens (tertiary/aromatic N) is 1. The average molecular weight is 268 g/mol. The number of amides is 4. The molecule has 0 bridgehead atoms. The number of carbonyl (C=O) groups excluding carboxylic acids is 3. The normalized spacial score (nSPS) is 25.6. The Kier molecular flexibility index (Phi) is 4.52. The summed E-state index contributed by atoms with van der Waals surface area (Å²) in [5, 5.41) is 2.28. The number of ether oxygens (including phenoxy) is 1.